The number of carboxylic acids is 2. The molecule has 8 heteroatoms. The first-order valence-electron chi connectivity index (χ1n) is 13.5. The Bertz CT molecular complexity index is 465. The van der Waals surface area contributed by atoms with Gasteiger partial charge in [-0.25, -0.2) is 0 Å². The molecule has 0 radical (unpaired) electrons. The Kier molecular flexibility index (Phi) is 29.1. The second-order valence-corrected chi connectivity index (χ2v) is 8.97. The molecular weight excluding hydrogens is 452 g/mol. The van der Waals surface area contributed by atoms with E-state index in [2.05, 4.69) is 0 Å². The summed E-state index contributed by atoms with van der Waals surface area (Å²) in [6.07, 6.45) is 9.74. The lowest BCUT2D eigenvalue weighted by Gasteiger charge is -2.15. The molecule has 1 atom stereocenters. The van der Waals surface area contributed by atoms with Crippen molar-refractivity contribution in [2.45, 2.75) is 125 Å². The van der Waals surface area contributed by atoms with E-state index >= 15 is 0 Å². The standard InChI is InChI=1S/C11H22O4.2C8H16O2/c1-3-5-9(6-4-2)11(14)15-8-10(13)7-12;2*1-3-5-7(6-4-2)8(9)10/h9-10,12-13H,3-8H2,1-2H3;2*7H,3-6H2,1-2H3,(H,9,10). The molecule has 0 aromatic heterocycles. The number of aliphatic hydroxyl groups is 2. The minimum absolute atomic E-state index is 0.0640. The Hall–Kier alpha value is -1.67. The monoisotopic (exact) mass is 506 g/mol. The van der Waals surface area contributed by atoms with Crippen molar-refractivity contribution in [1.29, 1.82) is 0 Å². The fourth-order valence-corrected chi connectivity index (χ4v) is 3.60. The van der Waals surface area contributed by atoms with Crippen LogP contribution in [0.5, 0.6) is 0 Å². The zero-order chi connectivity index (χ0) is 27.6. The third-order valence-corrected chi connectivity index (χ3v) is 5.48. The van der Waals surface area contributed by atoms with Gasteiger partial charge in [-0.15, -0.1) is 0 Å². The maximum atomic E-state index is 11.5. The first-order valence-corrected chi connectivity index (χ1v) is 13.5. The zero-order valence-electron chi connectivity index (χ0n) is 23.1. The van der Waals surface area contributed by atoms with E-state index in [1.54, 1.807) is 0 Å². The van der Waals surface area contributed by atoms with Crippen molar-refractivity contribution in [3.8, 4) is 0 Å². The molecule has 0 heterocycles. The molecule has 0 saturated heterocycles. The number of ether oxygens (including phenoxy) is 1. The summed E-state index contributed by atoms with van der Waals surface area (Å²) in [5.41, 5.74) is 0. The van der Waals surface area contributed by atoms with Gasteiger partial charge in [-0.2, -0.15) is 0 Å². The largest absolute Gasteiger partial charge is 0.481 e. The topological polar surface area (TPSA) is 141 Å². The number of hydrogen-bond acceptors (Lipinski definition) is 6. The lowest BCUT2D eigenvalue weighted by molar-refractivity contribution is -0.152. The van der Waals surface area contributed by atoms with Gasteiger partial charge in [0, 0.05) is 0 Å². The molecule has 0 fully saturated rings. The van der Waals surface area contributed by atoms with Crippen molar-refractivity contribution in [1.82, 2.24) is 0 Å². The predicted octanol–water partition coefficient (Wildman–Crippen LogP) is 5.67. The van der Waals surface area contributed by atoms with Crippen LogP contribution >= 0.6 is 0 Å². The first-order chi connectivity index (χ1) is 16.6. The first kappa shape index (κ1) is 37.9. The van der Waals surface area contributed by atoms with E-state index in [4.69, 9.17) is 25.2 Å². The van der Waals surface area contributed by atoms with Crippen LogP contribution in [0.3, 0.4) is 0 Å². The fraction of sp³-hybridized carbons (Fsp3) is 0.889. The molecule has 8 nitrogen and oxygen atoms in total. The van der Waals surface area contributed by atoms with E-state index in [-0.39, 0.29) is 36.9 Å². The quantitative estimate of drug-likeness (QED) is 0.174. The summed E-state index contributed by atoms with van der Waals surface area (Å²) >= 11 is 0. The maximum Gasteiger partial charge on any atom is 0.309 e. The Balaban J connectivity index is -0.000000454. The highest BCUT2D eigenvalue weighted by Gasteiger charge is 2.19. The van der Waals surface area contributed by atoms with Crippen LogP contribution in [0.25, 0.3) is 0 Å². The van der Waals surface area contributed by atoms with Gasteiger partial charge < -0.3 is 25.2 Å². The molecular formula is C27H54O8. The van der Waals surface area contributed by atoms with E-state index in [0.717, 1.165) is 77.0 Å². The maximum absolute atomic E-state index is 11.5. The molecule has 4 N–H and O–H groups in total. The highest BCUT2D eigenvalue weighted by Crippen LogP contribution is 2.15. The molecule has 0 aliphatic carbocycles. The van der Waals surface area contributed by atoms with E-state index in [1.807, 2.05) is 41.5 Å². The average Bonchev–Trinajstić information content (AvgIpc) is 2.82. The smallest absolute Gasteiger partial charge is 0.309 e. The summed E-state index contributed by atoms with van der Waals surface area (Å²) in [5.74, 6) is -1.80. The van der Waals surface area contributed by atoms with Gasteiger partial charge in [-0.1, -0.05) is 80.1 Å². The number of carbonyl (C=O) groups excluding carboxylic acids is 1. The molecule has 0 amide bonds. The molecule has 1 unspecified atom stereocenters. The number of hydrogen-bond donors (Lipinski definition) is 4. The van der Waals surface area contributed by atoms with Gasteiger partial charge in [-0.3, -0.25) is 14.4 Å². The molecule has 0 aliphatic rings. The number of carbonyl (C=O) groups is 3. The van der Waals surface area contributed by atoms with Crippen molar-refractivity contribution >= 4 is 17.9 Å². The molecule has 0 rings (SSSR count). The van der Waals surface area contributed by atoms with Crippen LogP contribution in [-0.2, 0) is 19.1 Å². The van der Waals surface area contributed by atoms with Gasteiger partial charge in [0.15, 0.2) is 0 Å². The lowest BCUT2D eigenvalue weighted by atomic mass is 9.99. The minimum Gasteiger partial charge on any atom is -0.481 e. The van der Waals surface area contributed by atoms with E-state index in [1.165, 1.54) is 0 Å². The highest BCUT2D eigenvalue weighted by atomic mass is 16.5. The van der Waals surface area contributed by atoms with Crippen molar-refractivity contribution in [3.05, 3.63) is 0 Å². The van der Waals surface area contributed by atoms with Crippen molar-refractivity contribution in [3.63, 3.8) is 0 Å². The molecule has 0 spiro atoms. The van der Waals surface area contributed by atoms with Crippen LogP contribution in [-0.4, -0.2) is 57.7 Å². The van der Waals surface area contributed by atoms with Crippen LogP contribution in [0.4, 0.5) is 0 Å². The summed E-state index contributed by atoms with van der Waals surface area (Å²) in [6.45, 7) is 11.6. The predicted molar refractivity (Wildman–Crippen MR) is 139 cm³/mol. The number of aliphatic carboxylic acids is 2. The van der Waals surface area contributed by atoms with Gasteiger partial charge in [0.2, 0.25) is 0 Å². The van der Waals surface area contributed by atoms with Crippen LogP contribution in [0.2, 0.25) is 0 Å². The number of esters is 1. The summed E-state index contributed by atoms with van der Waals surface area (Å²) in [5, 5.41) is 34.8. The zero-order valence-corrected chi connectivity index (χ0v) is 23.1. The third-order valence-electron chi connectivity index (χ3n) is 5.48. The number of rotatable bonds is 18. The van der Waals surface area contributed by atoms with Crippen molar-refractivity contribution in [2.24, 2.45) is 17.8 Å². The second-order valence-electron chi connectivity index (χ2n) is 8.97. The second kappa shape index (κ2) is 26.9. The van der Waals surface area contributed by atoms with E-state index in [0.29, 0.717) is 0 Å². The minimum atomic E-state index is -0.960. The molecule has 210 valence electrons. The summed E-state index contributed by atoms with van der Waals surface area (Å²) in [6, 6.07) is 0. The van der Waals surface area contributed by atoms with E-state index < -0.39 is 18.0 Å². The van der Waals surface area contributed by atoms with Gasteiger partial charge in [0.05, 0.1) is 24.4 Å². The Morgan fingerprint density at radius 3 is 1.11 bits per heavy atom. The molecule has 0 saturated carbocycles. The molecule has 35 heavy (non-hydrogen) atoms. The van der Waals surface area contributed by atoms with Crippen LogP contribution < -0.4 is 0 Å². The Morgan fingerprint density at radius 1 is 0.600 bits per heavy atom. The van der Waals surface area contributed by atoms with Gasteiger partial charge >= 0.3 is 17.9 Å². The van der Waals surface area contributed by atoms with Crippen molar-refractivity contribution < 1.29 is 39.5 Å². The fourth-order valence-electron chi connectivity index (χ4n) is 3.60. The molecule has 0 aliphatic heterocycles. The molecule has 0 aromatic rings. The van der Waals surface area contributed by atoms with Gasteiger partial charge in [-0.05, 0) is 38.5 Å². The summed E-state index contributed by atoms with van der Waals surface area (Å²) in [7, 11) is 0. The normalized spacial score (nSPS) is 11.4. The van der Waals surface area contributed by atoms with Gasteiger partial charge in [0.25, 0.3) is 0 Å². The van der Waals surface area contributed by atoms with Crippen LogP contribution in [0, 0.1) is 17.8 Å². The SMILES string of the molecule is CCCC(CCC)C(=O)O.CCCC(CCC)C(=O)O.CCCC(CCC)C(=O)OCC(O)CO. The Labute approximate surface area is 213 Å². The summed E-state index contributed by atoms with van der Waals surface area (Å²) < 4.78 is 4.91. The van der Waals surface area contributed by atoms with Gasteiger partial charge in [0.1, 0.15) is 12.7 Å². The third kappa shape index (κ3) is 23.8. The average molecular weight is 507 g/mol. The molecule has 0 aromatic carbocycles. The molecule has 0 bridgehead atoms. The Morgan fingerprint density at radius 2 is 0.886 bits per heavy atom. The summed E-state index contributed by atoms with van der Waals surface area (Å²) in [4.78, 5) is 32.5. The highest BCUT2D eigenvalue weighted by molar-refractivity contribution is 5.72. The number of carboxylic acid groups (broad SMARTS) is 2. The van der Waals surface area contributed by atoms with Crippen LogP contribution in [0.1, 0.15) is 119 Å². The van der Waals surface area contributed by atoms with Crippen LogP contribution in [0.15, 0.2) is 0 Å². The number of aliphatic hydroxyl groups excluding tert-OH is 2. The van der Waals surface area contributed by atoms with Crippen molar-refractivity contribution in [2.75, 3.05) is 13.2 Å². The van der Waals surface area contributed by atoms with E-state index in [9.17, 15) is 14.4 Å². The lowest BCUT2D eigenvalue weighted by Crippen LogP contribution is -2.25.